The Morgan fingerprint density at radius 2 is 2.12 bits per heavy atom. The van der Waals surface area contributed by atoms with Crippen molar-refractivity contribution in [3.8, 4) is 11.5 Å². The lowest BCUT2D eigenvalue weighted by atomic mass is 9.67. The third-order valence-electron chi connectivity index (χ3n) is 5.83. The van der Waals surface area contributed by atoms with E-state index in [1.54, 1.807) is 12.1 Å². The molecule has 26 heavy (non-hydrogen) atoms. The molecule has 0 saturated heterocycles. The first-order valence-electron chi connectivity index (χ1n) is 9.39. The average Bonchev–Trinajstić information content (AvgIpc) is 2.58. The summed E-state index contributed by atoms with van der Waals surface area (Å²) in [6, 6.07) is 3.65. The van der Waals surface area contributed by atoms with E-state index in [1.165, 1.54) is 0 Å². The average molecular weight is 360 g/mol. The Kier molecular flexibility index (Phi) is 5.02. The molecule has 5 nitrogen and oxygen atoms in total. The van der Waals surface area contributed by atoms with Gasteiger partial charge in [-0.05, 0) is 63.6 Å². The van der Waals surface area contributed by atoms with E-state index >= 15 is 0 Å². The Morgan fingerprint density at radius 1 is 1.38 bits per heavy atom. The van der Waals surface area contributed by atoms with Crippen molar-refractivity contribution in [1.82, 2.24) is 0 Å². The second-order valence-electron chi connectivity index (χ2n) is 8.00. The van der Waals surface area contributed by atoms with Gasteiger partial charge in [0.15, 0.2) is 0 Å². The number of phenolic OH excluding ortho intramolecular Hbond substituents is 1. The van der Waals surface area contributed by atoms with Gasteiger partial charge in [-0.2, -0.15) is 0 Å². The standard InChI is InChI=1S/C21H28O5/c1-4-14(22)7-5-12-9-17(23)19-15-11-13(20(24)25)6-8-16(15)21(2,3)26-18(19)10-12/h9-11,14-16,22-23H,4-8H2,1-3H3,(H,24,25). The van der Waals surface area contributed by atoms with E-state index in [9.17, 15) is 20.1 Å². The summed E-state index contributed by atoms with van der Waals surface area (Å²) in [5.41, 5.74) is 1.57. The fourth-order valence-electron chi connectivity index (χ4n) is 4.28. The molecule has 142 valence electrons. The summed E-state index contributed by atoms with van der Waals surface area (Å²) < 4.78 is 6.24. The van der Waals surface area contributed by atoms with Gasteiger partial charge in [-0.15, -0.1) is 0 Å². The molecule has 0 spiro atoms. The molecular weight excluding hydrogens is 332 g/mol. The number of aliphatic carboxylic acids is 1. The van der Waals surface area contributed by atoms with Gasteiger partial charge in [0, 0.05) is 23.0 Å². The summed E-state index contributed by atoms with van der Waals surface area (Å²) in [5, 5.41) is 29.8. The number of carbonyl (C=O) groups is 1. The fourth-order valence-corrected chi connectivity index (χ4v) is 4.28. The molecule has 0 radical (unpaired) electrons. The number of aryl methyl sites for hydroxylation is 1. The van der Waals surface area contributed by atoms with Gasteiger partial charge >= 0.3 is 5.97 Å². The number of carboxylic acid groups (broad SMARTS) is 1. The van der Waals surface area contributed by atoms with Crippen LogP contribution in [0.5, 0.6) is 11.5 Å². The lowest BCUT2D eigenvalue weighted by Crippen LogP contribution is -2.45. The first-order valence-corrected chi connectivity index (χ1v) is 9.39. The third-order valence-corrected chi connectivity index (χ3v) is 5.83. The quantitative estimate of drug-likeness (QED) is 0.744. The monoisotopic (exact) mass is 360 g/mol. The Morgan fingerprint density at radius 3 is 2.77 bits per heavy atom. The summed E-state index contributed by atoms with van der Waals surface area (Å²) in [6.45, 7) is 5.99. The molecule has 3 N–H and O–H groups in total. The number of hydrogen-bond donors (Lipinski definition) is 3. The Bertz CT molecular complexity index is 734. The number of phenols is 1. The van der Waals surface area contributed by atoms with Gasteiger partial charge in [-0.3, -0.25) is 0 Å². The molecule has 0 fully saturated rings. The zero-order chi connectivity index (χ0) is 19.1. The molecule has 3 unspecified atom stereocenters. The summed E-state index contributed by atoms with van der Waals surface area (Å²) in [7, 11) is 0. The molecular formula is C21H28O5. The topological polar surface area (TPSA) is 87.0 Å². The molecule has 3 rings (SSSR count). The normalized spacial score (nSPS) is 24.7. The zero-order valence-corrected chi connectivity index (χ0v) is 15.7. The van der Waals surface area contributed by atoms with Gasteiger partial charge in [0.2, 0.25) is 0 Å². The molecule has 1 aliphatic carbocycles. The Labute approximate surface area is 154 Å². The molecule has 0 saturated carbocycles. The van der Waals surface area contributed by atoms with Gasteiger partial charge in [0.05, 0.1) is 6.10 Å². The zero-order valence-electron chi connectivity index (χ0n) is 15.7. The number of aliphatic hydroxyl groups excluding tert-OH is 1. The predicted molar refractivity (Wildman–Crippen MR) is 98.6 cm³/mol. The highest BCUT2D eigenvalue weighted by Gasteiger charge is 2.46. The Hall–Kier alpha value is -2.01. The minimum absolute atomic E-state index is 0.122. The number of hydrogen-bond acceptors (Lipinski definition) is 4. The maximum atomic E-state index is 11.4. The van der Waals surface area contributed by atoms with E-state index in [0.29, 0.717) is 42.6 Å². The van der Waals surface area contributed by atoms with Crippen LogP contribution in [0.15, 0.2) is 23.8 Å². The molecule has 1 aromatic rings. The smallest absolute Gasteiger partial charge is 0.331 e. The van der Waals surface area contributed by atoms with Crippen LogP contribution in [0.1, 0.15) is 63.5 Å². The van der Waals surface area contributed by atoms with E-state index in [2.05, 4.69) is 0 Å². The minimum atomic E-state index is -0.890. The van der Waals surface area contributed by atoms with Gasteiger partial charge in [0.25, 0.3) is 0 Å². The van der Waals surface area contributed by atoms with Gasteiger partial charge in [0.1, 0.15) is 17.1 Å². The predicted octanol–water partition coefficient (Wildman–Crippen LogP) is 3.77. The summed E-state index contributed by atoms with van der Waals surface area (Å²) in [6.07, 6.45) is 4.67. The second-order valence-corrected chi connectivity index (χ2v) is 8.00. The number of aromatic hydroxyl groups is 1. The maximum absolute atomic E-state index is 11.4. The minimum Gasteiger partial charge on any atom is -0.507 e. The molecule has 1 aromatic carbocycles. The van der Waals surface area contributed by atoms with Crippen molar-refractivity contribution in [3.05, 3.63) is 34.9 Å². The highest BCUT2D eigenvalue weighted by molar-refractivity contribution is 5.87. The van der Waals surface area contributed by atoms with Gasteiger partial charge in [-0.1, -0.05) is 13.0 Å². The van der Waals surface area contributed by atoms with Crippen LogP contribution in [0.25, 0.3) is 0 Å². The third kappa shape index (κ3) is 3.45. The van der Waals surface area contributed by atoms with Crippen molar-refractivity contribution in [1.29, 1.82) is 0 Å². The SMILES string of the molecule is CCC(O)CCc1cc(O)c2c(c1)OC(C)(C)C1CCC(C(=O)O)=CC21. The number of ether oxygens (including phenoxy) is 1. The van der Waals surface area contributed by atoms with Crippen molar-refractivity contribution in [3.63, 3.8) is 0 Å². The number of fused-ring (bicyclic) bond motifs is 3. The first kappa shape index (κ1) is 18.8. The molecule has 5 heteroatoms. The van der Waals surface area contributed by atoms with E-state index in [1.807, 2.05) is 26.8 Å². The molecule has 0 aromatic heterocycles. The van der Waals surface area contributed by atoms with Gasteiger partial charge < -0.3 is 20.1 Å². The van der Waals surface area contributed by atoms with E-state index in [0.717, 1.165) is 12.0 Å². The highest BCUT2D eigenvalue weighted by atomic mass is 16.5. The number of aliphatic hydroxyl groups is 1. The largest absolute Gasteiger partial charge is 0.507 e. The number of benzene rings is 1. The van der Waals surface area contributed by atoms with Crippen molar-refractivity contribution in [2.24, 2.45) is 5.92 Å². The molecule has 1 aliphatic heterocycles. The Balaban J connectivity index is 2.00. The summed E-state index contributed by atoms with van der Waals surface area (Å²) in [5.74, 6) is -0.156. The summed E-state index contributed by atoms with van der Waals surface area (Å²) >= 11 is 0. The molecule has 2 aliphatic rings. The van der Waals surface area contributed by atoms with Crippen LogP contribution < -0.4 is 4.74 Å². The number of carboxylic acids is 1. The molecule has 0 bridgehead atoms. The first-order chi connectivity index (χ1) is 12.2. The van der Waals surface area contributed by atoms with Crippen LogP contribution >= 0.6 is 0 Å². The summed E-state index contributed by atoms with van der Waals surface area (Å²) in [4.78, 5) is 11.4. The number of rotatable bonds is 5. The van der Waals surface area contributed by atoms with Crippen LogP contribution in [-0.2, 0) is 11.2 Å². The van der Waals surface area contributed by atoms with Crippen LogP contribution in [0.2, 0.25) is 0 Å². The van der Waals surface area contributed by atoms with Crippen LogP contribution in [0.4, 0.5) is 0 Å². The van der Waals surface area contributed by atoms with E-state index in [4.69, 9.17) is 4.74 Å². The molecule has 0 amide bonds. The second kappa shape index (κ2) is 6.95. The van der Waals surface area contributed by atoms with Crippen LogP contribution in [-0.4, -0.2) is 33.0 Å². The van der Waals surface area contributed by atoms with Crippen molar-refractivity contribution in [2.45, 2.75) is 70.5 Å². The highest BCUT2D eigenvalue weighted by Crippen LogP contribution is 2.53. The van der Waals surface area contributed by atoms with Crippen LogP contribution in [0, 0.1) is 5.92 Å². The number of allylic oxidation sites excluding steroid dienone is 1. The van der Waals surface area contributed by atoms with Crippen molar-refractivity contribution in [2.75, 3.05) is 0 Å². The van der Waals surface area contributed by atoms with E-state index < -0.39 is 11.6 Å². The maximum Gasteiger partial charge on any atom is 0.331 e. The van der Waals surface area contributed by atoms with Crippen molar-refractivity contribution >= 4 is 5.97 Å². The molecule has 1 heterocycles. The lowest BCUT2D eigenvalue weighted by Gasteiger charge is -2.46. The van der Waals surface area contributed by atoms with Gasteiger partial charge in [-0.25, -0.2) is 4.79 Å². The van der Waals surface area contributed by atoms with E-state index in [-0.39, 0.29) is 23.7 Å². The fraction of sp³-hybridized carbons (Fsp3) is 0.571. The lowest BCUT2D eigenvalue weighted by molar-refractivity contribution is -0.133. The molecule has 3 atom stereocenters. The van der Waals surface area contributed by atoms with Crippen molar-refractivity contribution < 1.29 is 24.9 Å². The van der Waals surface area contributed by atoms with Crippen LogP contribution in [0.3, 0.4) is 0 Å².